The van der Waals surface area contributed by atoms with Gasteiger partial charge in [-0.25, -0.2) is 9.59 Å². The lowest BCUT2D eigenvalue weighted by molar-refractivity contribution is -0.147. The standard InChI is InChI=1S/C13H16ClIN2O3/c1-4-17(13(2,3)11(18)19)12(20)16-10-6-5-8(15)7-9(10)14/h5-7H,4H2,1-3H3,(H,16,20)(H,18,19). The maximum absolute atomic E-state index is 12.2. The number of carboxylic acid groups (broad SMARTS) is 1. The summed E-state index contributed by atoms with van der Waals surface area (Å²) >= 11 is 8.16. The second-order valence-electron chi connectivity index (χ2n) is 4.66. The second kappa shape index (κ2) is 6.62. The molecule has 0 saturated carbocycles. The van der Waals surface area contributed by atoms with Crippen LogP contribution in [-0.2, 0) is 4.79 Å². The summed E-state index contributed by atoms with van der Waals surface area (Å²) in [6, 6.07) is 4.71. The van der Waals surface area contributed by atoms with Gasteiger partial charge in [0.1, 0.15) is 5.54 Å². The van der Waals surface area contributed by atoms with E-state index < -0.39 is 17.5 Å². The van der Waals surface area contributed by atoms with Crippen molar-refractivity contribution in [1.29, 1.82) is 0 Å². The molecule has 20 heavy (non-hydrogen) atoms. The van der Waals surface area contributed by atoms with Crippen LogP contribution < -0.4 is 5.32 Å². The highest BCUT2D eigenvalue weighted by atomic mass is 127. The number of carboxylic acids is 1. The minimum Gasteiger partial charge on any atom is -0.480 e. The predicted octanol–water partition coefficient (Wildman–Crippen LogP) is 3.66. The van der Waals surface area contributed by atoms with Crippen molar-refractivity contribution in [2.24, 2.45) is 0 Å². The van der Waals surface area contributed by atoms with Gasteiger partial charge in [-0.2, -0.15) is 0 Å². The van der Waals surface area contributed by atoms with Gasteiger partial charge in [0.05, 0.1) is 10.7 Å². The zero-order valence-corrected chi connectivity index (χ0v) is 14.3. The van der Waals surface area contributed by atoms with E-state index in [2.05, 4.69) is 27.9 Å². The monoisotopic (exact) mass is 410 g/mol. The fourth-order valence-corrected chi connectivity index (χ4v) is 2.58. The normalized spacial score (nSPS) is 11.1. The molecule has 0 aliphatic heterocycles. The van der Waals surface area contributed by atoms with Crippen LogP contribution in [0.5, 0.6) is 0 Å². The van der Waals surface area contributed by atoms with Gasteiger partial charge in [-0.05, 0) is 61.6 Å². The maximum atomic E-state index is 12.2. The van der Waals surface area contributed by atoms with Crippen LogP contribution in [0, 0.1) is 3.57 Å². The Labute approximate surface area is 136 Å². The number of urea groups is 1. The Balaban J connectivity index is 2.96. The molecule has 0 fully saturated rings. The summed E-state index contributed by atoms with van der Waals surface area (Å²) in [6.07, 6.45) is 0. The lowest BCUT2D eigenvalue weighted by atomic mass is 10.0. The number of nitrogens with one attached hydrogen (secondary N) is 1. The molecule has 1 rings (SSSR count). The number of nitrogens with zero attached hydrogens (tertiary/aromatic N) is 1. The van der Waals surface area contributed by atoms with E-state index in [4.69, 9.17) is 11.6 Å². The summed E-state index contributed by atoms with van der Waals surface area (Å²) in [5.41, 5.74) is -0.842. The van der Waals surface area contributed by atoms with E-state index in [1.165, 1.54) is 18.7 Å². The number of hydrogen-bond acceptors (Lipinski definition) is 2. The molecular weight excluding hydrogens is 395 g/mol. The summed E-state index contributed by atoms with van der Waals surface area (Å²) in [5, 5.41) is 12.2. The maximum Gasteiger partial charge on any atom is 0.329 e. The van der Waals surface area contributed by atoms with Crippen molar-refractivity contribution in [3.63, 3.8) is 0 Å². The van der Waals surface area contributed by atoms with Crippen LogP contribution in [0.25, 0.3) is 0 Å². The summed E-state index contributed by atoms with van der Waals surface area (Å²) < 4.78 is 0.948. The first-order valence-corrected chi connectivity index (χ1v) is 7.43. The Kier molecular flexibility index (Phi) is 5.64. The van der Waals surface area contributed by atoms with E-state index >= 15 is 0 Å². The van der Waals surface area contributed by atoms with Crippen molar-refractivity contribution in [3.05, 3.63) is 26.8 Å². The number of hydrogen-bond donors (Lipinski definition) is 2. The fraction of sp³-hybridized carbons (Fsp3) is 0.385. The van der Waals surface area contributed by atoms with Gasteiger partial charge >= 0.3 is 12.0 Å². The third kappa shape index (κ3) is 3.76. The molecule has 5 nitrogen and oxygen atoms in total. The first-order chi connectivity index (χ1) is 9.20. The van der Waals surface area contributed by atoms with Gasteiger partial charge in [0, 0.05) is 10.1 Å². The lowest BCUT2D eigenvalue weighted by Gasteiger charge is -2.34. The zero-order chi connectivity index (χ0) is 15.5. The highest BCUT2D eigenvalue weighted by Gasteiger charge is 2.37. The molecule has 2 amide bonds. The number of carbonyl (C=O) groups is 2. The summed E-state index contributed by atoms with van der Waals surface area (Å²) in [5.74, 6) is -1.07. The highest BCUT2D eigenvalue weighted by Crippen LogP contribution is 2.25. The van der Waals surface area contributed by atoms with E-state index in [9.17, 15) is 14.7 Å². The van der Waals surface area contributed by atoms with Crippen LogP contribution in [0.3, 0.4) is 0 Å². The molecule has 0 bridgehead atoms. The minimum absolute atomic E-state index is 0.271. The first kappa shape index (κ1) is 17.0. The quantitative estimate of drug-likeness (QED) is 0.744. The lowest BCUT2D eigenvalue weighted by Crippen LogP contribution is -2.54. The summed E-state index contributed by atoms with van der Waals surface area (Å²) in [7, 11) is 0. The third-order valence-corrected chi connectivity index (χ3v) is 3.92. The van der Waals surface area contributed by atoms with Crippen LogP contribution in [0.1, 0.15) is 20.8 Å². The average Bonchev–Trinajstić information content (AvgIpc) is 2.33. The van der Waals surface area contributed by atoms with Crippen molar-refractivity contribution < 1.29 is 14.7 Å². The molecular formula is C13H16ClIN2O3. The number of likely N-dealkylation sites (N-methyl/N-ethyl adjacent to an activating group) is 1. The molecule has 0 saturated heterocycles. The number of anilines is 1. The predicted molar refractivity (Wildman–Crippen MR) is 87.3 cm³/mol. The molecule has 0 atom stereocenters. The Morgan fingerprint density at radius 1 is 1.45 bits per heavy atom. The molecule has 0 heterocycles. The fourth-order valence-electron chi connectivity index (χ4n) is 1.68. The largest absolute Gasteiger partial charge is 0.480 e. The van der Waals surface area contributed by atoms with Crippen LogP contribution in [0.4, 0.5) is 10.5 Å². The van der Waals surface area contributed by atoms with Crippen molar-refractivity contribution in [2.45, 2.75) is 26.3 Å². The number of carbonyl (C=O) groups excluding carboxylic acids is 1. The smallest absolute Gasteiger partial charge is 0.329 e. The van der Waals surface area contributed by atoms with Gasteiger partial charge in [-0.15, -0.1) is 0 Å². The summed E-state index contributed by atoms with van der Waals surface area (Å²) in [4.78, 5) is 24.7. The van der Waals surface area contributed by atoms with Gasteiger partial charge in [-0.3, -0.25) is 0 Å². The van der Waals surface area contributed by atoms with E-state index in [0.717, 1.165) is 3.57 Å². The Morgan fingerprint density at radius 2 is 2.05 bits per heavy atom. The van der Waals surface area contributed by atoms with Crippen molar-refractivity contribution in [3.8, 4) is 0 Å². The number of aliphatic carboxylic acids is 1. The first-order valence-electron chi connectivity index (χ1n) is 5.97. The van der Waals surface area contributed by atoms with Gasteiger partial charge < -0.3 is 15.3 Å². The van der Waals surface area contributed by atoms with Gasteiger partial charge in [0.15, 0.2) is 0 Å². The minimum atomic E-state index is -1.30. The molecule has 0 aliphatic rings. The average molecular weight is 411 g/mol. The molecule has 2 N–H and O–H groups in total. The molecule has 1 aromatic carbocycles. The van der Waals surface area contributed by atoms with Gasteiger partial charge in [0.2, 0.25) is 0 Å². The van der Waals surface area contributed by atoms with E-state index in [-0.39, 0.29) is 6.54 Å². The molecule has 0 unspecified atom stereocenters. The zero-order valence-electron chi connectivity index (χ0n) is 11.4. The Morgan fingerprint density at radius 3 is 2.50 bits per heavy atom. The van der Waals surface area contributed by atoms with Crippen molar-refractivity contribution in [1.82, 2.24) is 4.90 Å². The molecule has 7 heteroatoms. The second-order valence-corrected chi connectivity index (χ2v) is 6.32. The molecule has 0 spiro atoms. The Hall–Kier alpha value is -1.02. The molecule has 1 aromatic rings. The molecule has 0 aromatic heterocycles. The van der Waals surface area contributed by atoms with Gasteiger partial charge in [0.25, 0.3) is 0 Å². The van der Waals surface area contributed by atoms with Crippen LogP contribution >= 0.6 is 34.2 Å². The molecule has 0 aliphatic carbocycles. The van der Waals surface area contributed by atoms with Crippen LogP contribution in [0.15, 0.2) is 18.2 Å². The third-order valence-electron chi connectivity index (χ3n) is 2.93. The number of rotatable bonds is 4. The number of benzene rings is 1. The molecule has 110 valence electrons. The highest BCUT2D eigenvalue weighted by molar-refractivity contribution is 14.1. The van der Waals surface area contributed by atoms with Crippen molar-refractivity contribution in [2.75, 3.05) is 11.9 Å². The van der Waals surface area contributed by atoms with Gasteiger partial charge in [-0.1, -0.05) is 11.6 Å². The van der Waals surface area contributed by atoms with Crippen LogP contribution in [-0.4, -0.2) is 34.1 Å². The topological polar surface area (TPSA) is 69.6 Å². The molecule has 0 radical (unpaired) electrons. The number of halogens is 2. The number of amides is 2. The van der Waals surface area contributed by atoms with E-state index in [1.807, 2.05) is 0 Å². The van der Waals surface area contributed by atoms with Crippen molar-refractivity contribution >= 4 is 51.9 Å². The Bertz CT molecular complexity index is 534. The van der Waals surface area contributed by atoms with E-state index in [1.54, 1.807) is 25.1 Å². The van der Waals surface area contributed by atoms with Crippen LogP contribution in [0.2, 0.25) is 5.02 Å². The van der Waals surface area contributed by atoms with E-state index in [0.29, 0.717) is 10.7 Å². The SMILES string of the molecule is CCN(C(=O)Nc1ccc(I)cc1Cl)C(C)(C)C(=O)O. The summed E-state index contributed by atoms with van der Waals surface area (Å²) in [6.45, 7) is 4.95.